The molecule has 2 aromatic carbocycles. The van der Waals surface area contributed by atoms with E-state index in [4.69, 9.17) is 0 Å². The third-order valence-corrected chi connectivity index (χ3v) is 5.98. The highest BCUT2D eigenvalue weighted by Gasteiger charge is 2.16. The van der Waals surface area contributed by atoms with Crippen molar-refractivity contribution in [2.45, 2.75) is 18.2 Å². The molecular weight excluding hydrogens is 434 g/mol. The van der Waals surface area contributed by atoms with Gasteiger partial charge in [-0.1, -0.05) is 35.9 Å². The average molecular weight is 458 g/mol. The molecule has 168 valence electrons. The SMILES string of the molecule is Cc1ccc(S(=O)(=O)NCC(=O)NCC(=O)NNC(=O)Cc2c[nH]c3ccccc23)cc1. The molecule has 0 atom stereocenters. The molecular formula is C21H23N5O5S. The average Bonchev–Trinajstić information content (AvgIpc) is 3.18. The highest BCUT2D eigenvalue weighted by molar-refractivity contribution is 7.89. The van der Waals surface area contributed by atoms with Crippen molar-refractivity contribution in [3.8, 4) is 0 Å². The summed E-state index contributed by atoms with van der Waals surface area (Å²) in [6.07, 6.45) is 1.78. The summed E-state index contributed by atoms with van der Waals surface area (Å²) >= 11 is 0. The second kappa shape index (κ2) is 10.1. The Balaban J connectivity index is 1.38. The predicted molar refractivity (Wildman–Crippen MR) is 118 cm³/mol. The fourth-order valence-corrected chi connectivity index (χ4v) is 3.86. The van der Waals surface area contributed by atoms with Gasteiger partial charge in [-0.05, 0) is 30.7 Å². The summed E-state index contributed by atoms with van der Waals surface area (Å²) in [6.45, 7) is 0.863. The third-order valence-electron chi connectivity index (χ3n) is 4.57. The van der Waals surface area contributed by atoms with Crippen LogP contribution < -0.4 is 20.9 Å². The van der Waals surface area contributed by atoms with Crippen molar-refractivity contribution in [3.05, 3.63) is 65.9 Å². The van der Waals surface area contributed by atoms with E-state index in [9.17, 15) is 22.8 Å². The second-order valence-corrected chi connectivity index (χ2v) is 8.81. The number of hydrazine groups is 1. The molecule has 0 spiro atoms. The number of para-hydroxylation sites is 1. The Hall–Kier alpha value is -3.70. The van der Waals surface area contributed by atoms with E-state index in [2.05, 4.69) is 25.9 Å². The fraction of sp³-hybridized carbons (Fsp3) is 0.190. The van der Waals surface area contributed by atoms with Gasteiger partial charge in [0.2, 0.25) is 21.8 Å². The zero-order chi connectivity index (χ0) is 23.1. The number of nitrogens with one attached hydrogen (secondary N) is 5. The number of benzene rings is 2. The third kappa shape index (κ3) is 6.15. The van der Waals surface area contributed by atoms with Crippen LogP contribution in [-0.4, -0.2) is 44.2 Å². The number of aryl methyl sites for hydroxylation is 1. The number of fused-ring (bicyclic) bond motifs is 1. The molecule has 0 saturated heterocycles. The fourth-order valence-electron chi connectivity index (χ4n) is 2.88. The van der Waals surface area contributed by atoms with Crippen LogP contribution in [0.5, 0.6) is 0 Å². The molecule has 0 aliphatic carbocycles. The van der Waals surface area contributed by atoms with E-state index in [0.717, 1.165) is 22.0 Å². The van der Waals surface area contributed by atoms with Gasteiger partial charge < -0.3 is 10.3 Å². The molecule has 3 rings (SSSR count). The minimum absolute atomic E-state index is 0.0338. The number of carbonyl (C=O) groups excluding carboxylic acids is 3. The molecule has 0 fully saturated rings. The van der Waals surface area contributed by atoms with Crippen LogP contribution in [0.1, 0.15) is 11.1 Å². The van der Waals surface area contributed by atoms with Crippen molar-refractivity contribution in [1.29, 1.82) is 0 Å². The first kappa shape index (κ1) is 23.0. The van der Waals surface area contributed by atoms with Gasteiger partial charge in [-0.25, -0.2) is 13.1 Å². The number of sulfonamides is 1. The minimum atomic E-state index is -3.84. The monoisotopic (exact) mass is 457 g/mol. The maximum atomic E-state index is 12.2. The van der Waals surface area contributed by atoms with E-state index in [0.29, 0.717) is 0 Å². The van der Waals surface area contributed by atoms with E-state index >= 15 is 0 Å². The smallest absolute Gasteiger partial charge is 0.257 e. The Morgan fingerprint density at radius 3 is 2.31 bits per heavy atom. The number of carbonyl (C=O) groups is 3. The van der Waals surface area contributed by atoms with Crippen molar-refractivity contribution < 1.29 is 22.8 Å². The van der Waals surface area contributed by atoms with E-state index < -0.39 is 40.8 Å². The Bertz CT molecular complexity index is 1230. The van der Waals surface area contributed by atoms with Crippen molar-refractivity contribution in [1.82, 2.24) is 25.9 Å². The Labute approximate surface area is 184 Å². The lowest BCUT2D eigenvalue weighted by Gasteiger charge is -2.09. The lowest BCUT2D eigenvalue weighted by atomic mass is 10.1. The van der Waals surface area contributed by atoms with Gasteiger partial charge in [-0.3, -0.25) is 25.2 Å². The molecule has 0 unspecified atom stereocenters. The topological polar surface area (TPSA) is 149 Å². The molecule has 1 heterocycles. The summed E-state index contributed by atoms with van der Waals surface area (Å²) < 4.78 is 26.5. The number of aromatic amines is 1. The van der Waals surface area contributed by atoms with Gasteiger partial charge in [0.25, 0.3) is 5.91 Å². The number of aromatic nitrogens is 1. The van der Waals surface area contributed by atoms with E-state index in [1.54, 1.807) is 18.3 Å². The Morgan fingerprint density at radius 1 is 0.875 bits per heavy atom. The molecule has 32 heavy (non-hydrogen) atoms. The van der Waals surface area contributed by atoms with Crippen LogP contribution in [-0.2, 0) is 30.8 Å². The molecule has 5 N–H and O–H groups in total. The van der Waals surface area contributed by atoms with Crippen molar-refractivity contribution in [2.24, 2.45) is 0 Å². The molecule has 0 aliphatic rings. The lowest BCUT2D eigenvalue weighted by molar-refractivity contribution is -0.129. The van der Waals surface area contributed by atoms with Crippen LogP contribution in [0.4, 0.5) is 0 Å². The van der Waals surface area contributed by atoms with E-state index in [1.807, 2.05) is 31.2 Å². The summed E-state index contributed by atoms with van der Waals surface area (Å²) in [5.41, 5.74) is 7.06. The molecule has 3 aromatic rings. The second-order valence-electron chi connectivity index (χ2n) is 7.05. The summed E-state index contributed by atoms with van der Waals surface area (Å²) in [6, 6.07) is 13.7. The van der Waals surface area contributed by atoms with Crippen molar-refractivity contribution in [2.75, 3.05) is 13.1 Å². The van der Waals surface area contributed by atoms with Gasteiger partial charge in [0.1, 0.15) is 0 Å². The standard InChI is InChI=1S/C21H23N5O5S/c1-14-6-8-16(9-7-14)32(30,31)24-13-20(28)23-12-21(29)26-25-19(27)10-15-11-22-18-5-3-2-4-17(15)18/h2-9,11,22,24H,10,12-13H2,1H3,(H,23,28)(H,25,27)(H,26,29). The van der Waals surface area contributed by atoms with Crippen LogP contribution in [0.25, 0.3) is 10.9 Å². The maximum absolute atomic E-state index is 12.2. The summed E-state index contributed by atoms with van der Waals surface area (Å²) in [5, 5.41) is 3.19. The summed E-state index contributed by atoms with van der Waals surface area (Å²) in [5.74, 6) is -1.78. The summed E-state index contributed by atoms with van der Waals surface area (Å²) in [4.78, 5) is 38.8. The molecule has 0 radical (unpaired) electrons. The Morgan fingerprint density at radius 2 is 1.56 bits per heavy atom. The van der Waals surface area contributed by atoms with Gasteiger partial charge in [0, 0.05) is 17.1 Å². The van der Waals surface area contributed by atoms with E-state index in [1.165, 1.54) is 12.1 Å². The van der Waals surface area contributed by atoms with Crippen LogP contribution >= 0.6 is 0 Å². The molecule has 1 aromatic heterocycles. The van der Waals surface area contributed by atoms with Gasteiger partial charge in [0.05, 0.1) is 24.4 Å². The number of hydrogen-bond acceptors (Lipinski definition) is 5. The first-order valence-corrected chi connectivity index (χ1v) is 11.2. The molecule has 0 saturated carbocycles. The largest absolute Gasteiger partial charge is 0.361 e. The molecule has 10 nitrogen and oxygen atoms in total. The number of amides is 3. The van der Waals surface area contributed by atoms with Crippen LogP contribution in [0.15, 0.2) is 59.6 Å². The maximum Gasteiger partial charge on any atom is 0.257 e. The molecule has 3 amide bonds. The normalized spacial score (nSPS) is 11.2. The predicted octanol–water partition coefficient (Wildman–Crippen LogP) is 0.261. The number of hydrogen-bond donors (Lipinski definition) is 5. The highest BCUT2D eigenvalue weighted by atomic mass is 32.2. The first-order chi connectivity index (χ1) is 15.2. The van der Waals surface area contributed by atoms with Crippen LogP contribution in [0.3, 0.4) is 0 Å². The molecule has 0 bridgehead atoms. The quantitative estimate of drug-likeness (QED) is 0.308. The van der Waals surface area contributed by atoms with Gasteiger partial charge in [0.15, 0.2) is 0 Å². The van der Waals surface area contributed by atoms with Gasteiger partial charge in [-0.15, -0.1) is 0 Å². The first-order valence-electron chi connectivity index (χ1n) is 9.70. The summed E-state index contributed by atoms with van der Waals surface area (Å²) in [7, 11) is -3.84. The van der Waals surface area contributed by atoms with Gasteiger partial charge >= 0.3 is 0 Å². The van der Waals surface area contributed by atoms with Gasteiger partial charge in [-0.2, -0.15) is 0 Å². The number of rotatable bonds is 8. The molecule has 0 aliphatic heterocycles. The van der Waals surface area contributed by atoms with Crippen molar-refractivity contribution >= 4 is 38.6 Å². The van der Waals surface area contributed by atoms with Crippen molar-refractivity contribution in [3.63, 3.8) is 0 Å². The number of H-pyrrole nitrogens is 1. The Kier molecular flexibility index (Phi) is 7.23. The zero-order valence-corrected chi connectivity index (χ0v) is 18.1. The molecule has 11 heteroatoms. The van der Waals surface area contributed by atoms with E-state index in [-0.39, 0.29) is 11.3 Å². The minimum Gasteiger partial charge on any atom is -0.361 e. The van der Waals surface area contributed by atoms with Crippen LogP contribution in [0, 0.1) is 6.92 Å². The zero-order valence-electron chi connectivity index (χ0n) is 17.3. The lowest BCUT2D eigenvalue weighted by Crippen LogP contribution is -2.48. The van der Waals surface area contributed by atoms with Crippen LogP contribution in [0.2, 0.25) is 0 Å². The highest BCUT2D eigenvalue weighted by Crippen LogP contribution is 2.17.